The van der Waals surface area contributed by atoms with Crippen LogP contribution in [-0.4, -0.2) is 81.2 Å². The number of hydrogen-bond acceptors (Lipinski definition) is 8. The van der Waals surface area contributed by atoms with Crippen LogP contribution in [0.2, 0.25) is 0 Å². The summed E-state index contributed by atoms with van der Waals surface area (Å²) in [4.78, 5) is 36.5. The lowest BCUT2D eigenvalue weighted by Crippen LogP contribution is -2.63. The van der Waals surface area contributed by atoms with E-state index in [0.29, 0.717) is 12.6 Å². The molecule has 0 aliphatic carbocycles. The maximum absolute atomic E-state index is 12.5. The van der Waals surface area contributed by atoms with Crippen LogP contribution in [0, 0.1) is 11.8 Å². The van der Waals surface area contributed by atoms with E-state index >= 15 is 0 Å². The first kappa shape index (κ1) is 23.0. The van der Waals surface area contributed by atoms with Crippen LogP contribution in [-0.2, 0) is 9.53 Å². The zero-order chi connectivity index (χ0) is 22.0. The number of fused-ring (bicyclic) bond motifs is 1. The van der Waals surface area contributed by atoms with Gasteiger partial charge in [-0.2, -0.15) is 11.8 Å². The highest BCUT2D eigenvalue weighted by Crippen LogP contribution is 2.52. The molecule has 2 fully saturated rings. The van der Waals surface area contributed by atoms with E-state index < -0.39 is 24.2 Å². The molecule has 3 aliphatic heterocycles. The quantitative estimate of drug-likeness (QED) is 0.189. The Labute approximate surface area is 183 Å². The van der Waals surface area contributed by atoms with Gasteiger partial charge in [-0.3, -0.25) is 9.69 Å². The molecule has 12 heteroatoms. The van der Waals surface area contributed by atoms with Gasteiger partial charge in [-0.15, -0.1) is 11.8 Å². The summed E-state index contributed by atoms with van der Waals surface area (Å²) in [7, 11) is 0. The molecule has 0 aromatic rings. The van der Waals surface area contributed by atoms with Gasteiger partial charge in [0.25, 0.3) is 0 Å². The molecule has 30 heavy (non-hydrogen) atoms. The molecular formula is C18H28N4O6S2. The molecule has 3 aliphatic rings. The number of nitrogens with two attached hydrogens (primary N) is 1. The lowest BCUT2D eigenvalue weighted by Gasteiger charge is -2.45. The fourth-order valence-corrected chi connectivity index (χ4v) is 6.67. The summed E-state index contributed by atoms with van der Waals surface area (Å²) in [6.45, 7) is 4.82. The van der Waals surface area contributed by atoms with Gasteiger partial charge in [0.05, 0.1) is 23.0 Å². The second kappa shape index (κ2) is 9.67. The lowest BCUT2D eigenvalue weighted by molar-refractivity contribution is -0.163. The molecule has 0 aromatic carbocycles. The standard InChI is InChI=1S/C18H28N4O6S2/c1-8-13-12(9(2)23)15(24)22(13)16(28-18(26)27)14(8)30-11-5-10(21-6-11)7-29-4-3-20-17(19)25/h8-13,21,23H,3-7H2,1-2H3,(H,26,27)(H3,19,20,25)/t8-,9-,10+,11+,12-,13-/m1/s1. The number of primary amides is 1. The van der Waals surface area contributed by atoms with E-state index in [1.54, 1.807) is 30.4 Å². The largest absolute Gasteiger partial charge is 0.512 e. The molecule has 0 aromatic heterocycles. The van der Waals surface area contributed by atoms with Gasteiger partial charge in [0.1, 0.15) is 0 Å². The molecule has 6 atom stereocenters. The predicted molar refractivity (Wildman–Crippen MR) is 114 cm³/mol. The third-order valence-electron chi connectivity index (χ3n) is 5.59. The lowest BCUT2D eigenvalue weighted by atomic mass is 9.79. The first-order valence-electron chi connectivity index (χ1n) is 9.87. The summed E-state index contributed by atoms with van der Waals surface area (Å²) in [5, 5.41) is 25.4. The summed E-state index contributed by atoms with van der Waals surface area (Å²) in [6.07, 6.45) is -1.35. The normalized spacial score (nSPS) is 31.4. The fraction of sp³-hybridized carbons (Fsp3) is 0.722. The van der Waals surface area contributed by atoms with Gasteiger partial charge in [0.2, 0.25) is 11.8 Å². The minimum Gasteiger partial charge on any atom is -0.449 e. The Morgan fingerprint density at radius 1 is 1.47 bits per heavy atom. The van der Waals surface area contributed by atoms with Crippen LogP contribution < -0.4 is 16.4 Å². The van der Waals surface area contributed by atoms with Crippen molar-refractivity contribution in [2.24, 2.45) is 17.6 Å². The number of aliphatic hydroxyl groups excluding tert-OH is 1. The molecule has 3 amide bonds. The van der Waals surface area contributed by atoms with Gasteiger partial charge < -0.3 is 31.3 Å². The van der Waals surface area contributed by atoms with E-state index in [-0.39, 0.29) is 29.0 Å². The molecule has 6 N–H and O–H groups in total. The third-order valence-corrected chi connectivity index (χ3v) is 8.21. The average Bonchev–Trinajstić information content (AvgIpc) is 3.16. The summed E-state index contributed by atoms with van der Waals surface area (Å²) in [6, 6.07) is -0.482. The number of nitrogens with zero attached hydrogens (tertiary/aromatic N) is 1. The first-order chi connectivity index (χ1) is 14.2. The number of carbonyl (C=O) groups is 3. The number of rotatable bonds is 9. The van der Waals surface area contributed by atoms with Crippen molar-refractivity contribution in [1.82, 2.24) is 15.5 Å². The van der Waals surface area contributed by atoms with Crippen molar-refractivity contribution >= 4 is 41.6 Å². The number of nitrogens with one attached hydrogen (secondary N) is 2. The van der Waals surface area contributed by atoms with Crippen molar-refractivity contribution in [3.8, 4) is 0 Å². The van der Waals surface area contributed by atoms with Gasteiger partial charge in [0, 0.05) is 41.8 Å². The summed E-state index contributed by atoms with van der Waals surface area (Å²) >= 11 is 3.28. The number of carbonyl (C=O) groups excluding carboxylic acids is 2. The van der Waals surface area contributed by atoms with Crippen LogP contribution in [0.5, 0.6) is 0 Å². The summed E-state index contributed by atoms with van der Waals surface area (Å²) in [5.74, 6) is 0.832. The zero-order valence-corrected chi connectivity index (χ0v) is 18.5. The Kier molecular flexibility index (Phi) is 7.43. The molecule has 0 saturated carbocycles. The molecule has 0 bridgehead atoms. The maximum Gasteiger partial charge on any atom is 0.512 e. The molecular weight excluding hydrogens is 432 g/mol. The highest BCUT2D eigenvalue weighted by molar-refractivity contribution is 8.03. The van der Waals surface area contributed by atoms with E-state index in [1.807, 2.05) is 6.92 Å². The van der Waals surface area contributed by atoms with E-state index in [1.165, 1.54) is 4.90 Å². The van der Waals surface area contributed by atoms with Gasteiger partial charge in [0.15, 0.2) is 0 Å². The van der Waals surface area contributed by atoms with Crippen LogP contribution in [0.1, 0.15) is 20.3 Å². The van der Waals surface area contributed by atoms with E-state index in [0.717, 1.165) is 29.4 Å². The Morgan fingerprint density at radius 3 is 2.83 bits per heavy atom. The Bertz CT molecular complexity index is 733. The SMILES string of the molecule is C[C@@H](O)[C@H]1C(=O)N2C(OC(=O)O)=C(S[C@@H]3CN[C@H](CSCCNC(N)=O)C3)[C@H](C)[C@H]12. The Balaban J connectivity index is 1.58. The highest BCUT2D eigenvalue weighted by atomic mass is 32.2. The monoisotopic (exact) mass is 460 g/mol. The van der Waals surface area contributed by atoms with E-state index in [9.17, 15) is 19.5 Å². The van der Waals surface area contributed by atoms with Crippen LogP contribution in [0.25, 0.3) is 0 Å². The van der Waals surface area contributed by atoms with Crippen LogP contribution >= 0.6 is 23.5 Å². The molecule has 10 nitrogen and oxygen atoms in total. The average molecular weight is 461 g/mol. The first-order valence-corrected chi connectivity index (χ1v) is 11.9. The molecule has 3 rings (SSSR count). The van der Waals surface area contributed by atoms with Crippen LogP contribution in [0.15, 0.2) is 10.8 Å². The maximum atomic E-state index is 12.5. The van der Waals surface area contributed by atoms with Gasteiger partial charge in [-0.1, -0.05) is 6.92 Å². The van der Waals surface area contributed by atoms with E-state index in [2.05, 4.69) is 10.6 Å². The van der Waals surface area contributed by atoms with Crippen LogP contribution in [0.3, 0.4) is 0 Å². The smallest absolute Gasteiger partial charge is 0.449 e. The van der Waals surface area contributed by atoms with Crippen molar-refractivity contribution in [3.05, 3.63) is 10.8 Å². The number of urea groups is 1. The highest BCUT2D eigenvalue weighted by Gasteiger charge is 2.60. The predicted octanol–water partition coefficient (Wildman–Crippen LogP) is 0.573. The third kappa shape index (κ3) is 4.82. The molecule has 0 spiro atoms. The van der Waals surface area contributed by atoms with Crippen molar-refractivity contribution < 1.29 is 29.3 Å². The fourth-order valence-electron chi connectivity index (χ4n) is 4.25. The van der Waals surface area contributed by atoms with Crippen molar-refractivity contribution in [3.63, 3.8) is 0 Å². The number of ether oxygens (including phenoxy) is 1. The number of hydrogen-bond donors (Lipinski definition) is 5. The van der Waals surface area contributed by atoms with Gasteiger partial charge in [-0.05, 0) is 13.3 Å². The second-order valence-corrected chi connectivity index (χ2v) is 10.2. The summed E-state index contributed by atoms with van der Waals surface area (Å²) in [5.41, 5.74) is 5.04. The number of thioether (sulfide) groups is 2. The number of aliphatic hydroxyl groups is 1. The topological polar surface area (TPSA) is 154 Å². The number of amides is 3. The Hall–Kier alpha value is -1.63. The van der Waals surface area contributed by atoms with Crippen molar-refractivity contribution in [2.75, 3.05) is 24.6 Å². The van der Waals surface area contributed by atoms with Crippen molar-refractivity contribution in [2.45, 2.75) is 43.7 Å². The zero-order valence-electron chi connectivity index (χ0n) is 16.9. The molecule has 2 saturated heterocycles. The number of carboxylic acid groups (broad SMARTS) is 1. The second-order valence-electron chi connectivity index (χ2n) is 7.74. The van der Waals surface area contributed by atoms with Crippen LogP contribution in [0.4, 0.5) is 9.59 Å². The summed E-state index contributed by atoms with van der Waals surface area (Å²) < 4.78 is 5.00. The van der Waals surface area contributed by atoms with Gasteiger partial charge >= 0.3 is 12.2 Å². The molecule has 3 heterocycles. The molecule has 168 valence electrons. The molecule has 0 radical (unpaired) electrons. The van der Waals surface area contributed by atoms with E-state index in [4.69, 9.17) is 15.6 Å². The minimum atomic E-state index is -1.45. The number of β-lactam (4-membered cyclic amide) rings is 1. The minimum absolute atomic E-state index is 0.0993. The van der Waals surface area contributed by atoms with Crippen molar-refractivity contribution in [1.29, 1.82) is 0 Å². The Morgan fingerprint density at radius 2 is 2.20 bits per heavy atom. The molecule has 0 unspecified atom stereocenters. The van der Waals surface area contributed by atoms with Gasteiger partial charge in [-0.25, -0.2) is 9.59 Å².